The first-order valence-corrected chi connectivity index (χ1v) is 10.1. The van der Waals surface area contributed by atoms with Crippen molar-refractivity contribution >= 4 is 17.7 Å². The van der Waals surface area contributed by atoms with Gasteiger partial charge in [-0.05, 0) is 17.7 Å². The van der Waals surface area contributed by atoms with Crippen molar-refractivity contribution in [3.8, 4) is 22.9 Å². The molecule has 8 heteroatoms. The molecule has 1 aliphatic heterocycles. The molecule has 4 rings (SSSR count). The van der Waals surface area contributed by atoms with E-state index < -0.39 is 0 Å². The number of ether oxygens (including phenoxy) is 2. The number of hydrogen-bond acceptors (Lipinski definition) is 6. The molecule has 2 heterocycles. The van der Waals surface area contributed by atoms with Crippen LogP contribution in [-0.2, 0) is 11.3 Å². The summed E-state index contributed by atoms with van der Waals surface area (Å²) in [5, 5.41) is 12.2. The SMILES string of the molecule is C=CCNC(=O)CSc1nnc(-c2ccccc2)n1Cc1ccc2c(c1)OCO2. The van der Waals surface area contributed by atoms with Crippen molar-refractivity contribution in [2.75, 3.05) is 19.1 Å². The fourth-order valence-electron chi connectivity index (χ4n) is 2.93. The van der Waals surface area contributed by atoms with Crippen LogP contribution >= 0.6 is 11.8 Å². The molecule has 0 spiro atoms. The lowest BCUT2D eigenvalue weighted by molar-refractivity contribution is -0.118. The lowest BCUT2D eigenvalue weighted by Crippen LogP contribution is -2.25. The van der Waals surface area contributed by atoms with Gasteiger partial charge in [0.25, 0.3) is 0 Å². The van der Waals surface area contributed by atoms with E-state index in [1.165, 1.54) is 11.8 Å². The Kier molecular flexibility index (Phi) is 5.81. The number of thioether (sulfide) groups is 1. The molecule has 0 saturated heterocycles. The molecule has 7 nitrogen and oxygen atoms in total. The Morgan fingerprint density at radius 2 is 2.00 bits per heavy atom. The Bertz CT molecular complexity index is 1020. The van der Waals surface area contributed by atoms with Crippen molar-refractivity contribution in [1.29, 1.82) is 0 Å². The maximum absolute atomic E-state index is 12.0. The van der Waals surface area contributed by atoms with E-state index >= 15 is 0 Å². The van der Waals surface area contributed by atoms with Crippen LogP contribution in [0.3, 0.4) is 0 Å². The third-order valence-electron chi connectivity index (χ3n) is 4.30. The Labute approximate surface area is 172 Å². The van der Waals surface area contributed by atoms with Gasteiger partial charge in [-0.3, -0.25) is 9.36 Å². The second kappa shape index (κ2) is 8.83. The van der Waals surface area contributed by atoms with E-state index in [2.05, 4.69) is 22.1 Å². The predicted molar refractivity (Wildman–Crippen MR) is 111 cm³/mol. The highest BCUT2D eigenvalue weighted by Gasteiger charge is 2.18. The van der Waals surface area contributed by atoms with Gasteiger partial charge < -0.3 is 14.8 Å². The Morgan fingerprint density at radius 3 is 2.83 bits per heavy atom. The zero-order chi connectivity index (χ0) is 20.1. The lowest BCUT2D eigenvalue weighted by Gasteiger charge is -2.11. The summed E-state index contributed by atoms with van der Waals surface area (Å²) in [7, 11) is 0. The summed E-state index contributed by atoms with van der Waals surface area (Å²) in [6.45, 7) is 4.83. The van der Waals surface area contributed by atoms with Gasteiger partial charge in [-0.1, -0.05) is 54.2 Å². The van der Waals surface area contributed by atoms with Crippen LogP contribution in [0.2, 0.25) is 0 Å². The first-order chi connectivity index (χ1) is 14.2. The fourth-order valence-corrected chi connectivity index (χ4v) is 3.70. The second-order valence-electron chi connectivity index (χ2n) is 6.33. The molecule has 0 fully saturated rings. The fraction of sp³-hybridized carbons (Fsp3) is 0.190. The third kappa shape index (κ3) is 4.43. The standard InChI is InChI=1S/C21H20N4O3S/c1-2-10-22-19(26)13-29-21-24-23-20(16-6-4-3-5-7-16)25(21)12-15-8-9-17-18(11-15)28-14-27-17/h2-9,11H,1,10,12-14H2,(H,22,26). The highest BCUT2D eigenvalue weighted by molar-refractivity contribution is 7.99. The minimum Gasteiger partial charge on any atom is -0.454 e. The summed E-state index contributed by atoms with van der Waals surface area (Å²) >= 11 is 1.35. The number of amides is 1. The van der Waals surface area contributed by atoms with Crippen molar-refractivity contribution in [3.05, 3.63) is 66.7 Å². The minimum atomic E-state index is -0.0752. The van der Waals surface area contributed by atoms with Crippen LogP contribution in [0, 0.1) is 0 Å². The van der Waals surface area contributed by atoms with Crippen molar-refractivity contribution in [1.82, 2.24) is 20.1 Å². The number of aromatic nitrogens is 3. The second-order valence-corrected chi connectivity index (χ2v) is 7.27. The van der Waals surface area contributed by atoms with Crippen molar-refractivity contribution in [2.45, 2.75) is 11.7 Å². The van der Waals surface area contributed by atoms with Crippen molar-refractivity contribution in [3.63, 3.8) is 0 Å². The first kappa shape index (κ1) is 19.1. The summed E-state index contributed by atoms with van der Waals surface area (Å²) in [5.74, 6) is 2.40. The van der Waals surface area contributed by atoms with Crippen LogP contribution in [-0.4, -0.2) is 39.8 Å². The van der Waals surface area contributed by atoms with Crippen molar-refractivity contribution in [2.24, 2.45) is 0 Å². The van der Waals surface area contributed by atoms with Crippen LogP contribution in [0.25, 0.3) is 11.4 Å². The summed E-state index contributed by atoms with van der Waals surface area (Å²) in [6.07, 6.45) is 1.65. The van der Waals surface area contributed by atoms with Gasteiger partial charge >= 0.3 is 0 Å². The number of benzene rings is 2. The molecule has 0 saturated carbocycles. The summed E-state index contributed by atoms with van der Waals surface area (Å²) in [4.78, 5) is 12.0. The van der Waals surface area contributed by atoms with E-state index in [4.69, 9.17) is 9.47 Å². The number of hydrogen-bond donors (Lipinski definition) is 1. The van der Waals surface area contributed by atoms with Gasteiger partial charge in [0.05, 0.1) is 12.3 Å². The summed E-state index contributed by atoms with van der Waals surface area (Å²) in [5.41, 5.74) is 1.99. The quantitative estimate of drug-likeness (QED) is 0.456. The van der Waals surface area contributed by atoms with E-state index in [-0.39, 0.29) is 18.5 Å². The zero-order valence-electron chi connectivity index (χ0n) is 15.7. The summed E-state index contributed by atoms with van der Waals surface area (Å²) in [6, 6.07) is 15.7. The van der Waals surface area contributed by atoms with E-state index in [1.54, 1.807) is 6.08 Å². The maximum Gasteiger partial charge on any atom is 0.231 e. The molecule has 1 aliphatic rings. The molecule has 29 heavy (non-hydrogen) atoms. The largest absolute Gasteiger partial charge is 0.454 e. The lowest BCUT2D eigenvalue weighted by atomic mass is 10.2. The molecule has 0 bridgehead atoms. The zero-order valence-corrected chi connectivity index (χ0v) is 16.5. The Hall–Kier alpha value is -3.26. The van der Waals surface area contributed by atoms with Crippen LogP contribution in [0.4, 0.5) is 0 Å². The third-order valence-corrected chi connectivity index (χ3v) is 5.27. The van der Waals surface area contributed by atoms with Gasteiger partial charge in [-0.25, -0.2) is 0 Å². The van der Waals surface area contributed by atoms with E-state index in [9.17, 15) is 4.79 Å². The number of nitrogens with one attached hydrogen (secondary N) is 1. The molecule has 148 valence electrons. The van der Waals surface area contributed by atoms with Crippen molar-refractivity contribution < 1.29 is 14.3 Å². The molecule has 0 atom stereocenters. The average molecular weight is 408 g/mol. The first-order valence-electron chi connectivity index (χ1n) is 9.12. The number of rotatable bonds is 8. The molecule has 0 aliphatic carbocycles. The van der Waals surface area contributed by atoms with Gasteiger partial charge in [-0.15, -0.1) is 16.8 Å². The van der Waals surface area contributed by atoms with Gasteiger partial charge in [0, 0.05) is 12.1 Å². The average Bonchev–Trinajstić information content (AvgIpc) is 3.38. The molecule has 1 aromatic heterocycles. The molecule has 0 unspecified atom stereocenters. The molecule has 2 aromatic carbocycles. The van der Waals surface area contributed by atoms with Gasteiger partial charge in [0.2, 0.25) is 12.7 Å². The number of nitrogens with zero attached hydrogens (tertiary/aromatic N) is 3. The summed E-state index contributed by atoms with van der Waals surface area (Å²) < 4.78 is 12.9. The molecule has 1 amide bonds. The Morgan fingerprint density at radius 1 is 1.17 bits per heavy atom. The van der Waals surface area contributed by atoms with Crippen LogP contribution in [0.15, 0.2) is 66.3 Å². The number of fused-ring (bicyclic) bond motifs is 1. The van der Waals surface area contributed by atoms with Gasteiger partial charge in [-0.2, -0.15) is 0 Å². The monoisotopic (exact) mass is 408 g/mol. The van der Waals surface area contributed by atoms with Gasteiger partial charge in [0.15, 0.2) is 22.5 Å². The topological polar surface area (TPSA) is 78.3 Å². The molecule has 1 N–H and O–H groups in total. The minimum absolute atomic E-state index is 0.0752. The molecular weight excluding hydrogens is 388 g/mol. The Balaban J connectivity index is 1.61. The number of carbonyl (C=O) groups excluding carboxylic acids is 1. The van der Waals surface area contributed by atoms with E-state index in [0.29, 0.717) is 18.2 Å². The van der Waals surface area contributed by atoms with E-state index in [0.717, 1.165) is 28.5 Å². The highest BCUT2D eigenvalue weighted by Crippen LogP contribution is 2.33. The van der Waals surface area contributed by atoms with Crippen LogP contribution < -0.4 is 14.8 Å². The van der Waals surface area contributed by atoms with Crippen LogP contribution in [0.1, 0.15) is 5.56 Å². The maximum atomic E-state index is 12.0. The molecular formula is C21H20N4O3S. The highest BCUT2D eigenvalue weighted by atomic mass is 32.2. The van der Waals surface area contributed by atoms with Crippen LogP contribution in [0.5, 0.6) is 11.5 Å². The van der Waals surface area contributed by atoms with Gasteiger partial charge in [0.1, 0.15) is 0 Å². The smallest absolute Gasteiger partial charge is 0.231 e. The predicted octanol–water partition coefficient (Wildman–Crippen LogP) is 3.12. The molecule has 0 radical (unpaired) electrons. The van der Waals surface area contributed by atoms with E-state index in [1.807, 2.05) is 53.1 Å². The molecule has 3 aromatic rings. The number of carbonyl (C=O) groups is 1. The normalized spacial score (nSPS) is 12.0.